The standard InChI is InChI=1S/C21H21N3O2/c1-23-10-12-24(13-11-23)19(14-25)20-15-6-2-3-7-16(15)21(26)22-18-9-5-4-8-17(18)20/h2-9,14,25H,10-13H2,1H3. The summed E-state index contributed by atoms with van der Waals surface area (Å²) in [6.45, 7) is 3.50. The van der Waals surface area contributed by atoms with E-state index in [4.69, 9.17) is 0 Å². The van der Waals surface area contributed by atoms with E-state index in [9.17, 15) is 9.90 Å². The summed E-state index contributed by atoms with van der Waals surface area (Å²) in [6.07, 6.45) is 1.17. The maximum Gasteiger partial charge on any atom is 0.278 e. The zero-order valence-corrected chi connectivity index (χ0v) is 14.7. The van der Waals surface area contributed by atoms with Crippen molar-refractivity contribution in [1.82, 2.24) is 14.8 Å². The van der Waals surface area contributed by atoms with E-state index in [0.717, 1.165) is 48.2 Å². The van der Waals surface area contributed by atoms with Crippen LogP contribution in [-0.2, 0) is 0 Å². The minimum atomic E-state index is -0.251. The van der Waals surface area contributed by atoms with Gasteiger partial charge in [-0.2, -0.15) is 0 Å². The predicted molar refractivity (Wildman–Crippen MR) is 105 cm³/mol. The van der Waals surface area contributed by atoms with Crippen LogP contribution in [0.15, 0.2) is 59.6 Å². The summed E-state index contributed by atoms with van der Waals surface area (Å²) in [6, 6.07) is 15.1. The monoisotopic (exact) mass is 347 g/mol. The van der Waals surface area contributed by atoms with Crippen molar-refractivity contribution in [3.05, 3.63) is 70.7 Å². The Bertz CT molecular complexity index is 1050. The van der Waals surface area contributed by atoms with Gasteiger partial charge in [-0.1, -0.05) is 36.4 Å². The molecule has 26 heavy (non-hydrogen) atoms. The lowest BCUT2D eigenvalue weighted by atomic mass is 10.0. The molecule has 0 aliphatic carbocycles. The van der Waals surface area contributed by atoms with Crippen LogP contribution < -0.4 is 5.56 Å². The average Bonchev–Trinajstić information content (AvgIpc) is 2.79. The third-order valence-electron chi connectivity index (χ3n) is 5.04. The second-order valence-corrected chi connectivity index (χ2v) is 6.66. The number of aliphatic hydroxyl groups is 1. The number of piperazine rings is 1. The minimum Gasteiger partial charge on any atom is -0.513 e. The molecule has 1 aliphatic rings. The molecule has 0 saturated carbocycles. The van der Waals surface area contributed by atoms with Crippen LogP contribution in [0, 0.1) is 0 Å². The highest BCUT2D eigenvalue weighted by molar-refractivity contribution is 6.03. The molecule has 1 aromatic heterocycles. The highest BCUT2D eigenvalue weighted by Crippen LogP contribution is 2.31. The number of aromatic nitrogens is 1. The molecule has 0 unspecified atom stereocenters. The zero-order valence-electron chi connectivity index (χ0n) is 14.7. The number of benzene rings is 2. The largest absolute Gasteiger partial charge is 0.513 e. The van der Waals surface area contributed by atoms with Crippen LogP contribution in [0.3, 0.4) is 0 Å². The summed E-state index contributed by atoms with van der Waals surface area (Å²) in [5, 5.41) is 12.4. The third-order valence-corrected chi connectivity index (χ3v) is 5.04. The first-order chi connectivity index (χ1) is 12.7. The zero-order chi connectivity index (χ0) is 18.1. The normalized spacial score (nSPS) is 16.3. The summed E-state index contributed by atoms with van der Waals surface area (Å²) in [5.41, 5.74) is 1.98. The molecule has 0 spiro atoms. The molecule has 5 heteroatoms. The number of hydrogen-bond acceptors (Lipinski definition) is 5. The average molecular weight is 347 g/mol. The molecular weight excluding hydrogens is 326 g/mol. The highest BCUT2D eigenvalue weighted by atomic mass is 16.2. The second kappa shape index (κ2) is 6.77. The number of likely N-dealkylation sites (N-methyl/N-ethyl adjacent to an activating group) is 1. The van der Waals surface area contributed by atoms with E-state index in [1.807, 2.05) is 42.5 Å². The van der Waals surface area contributed by atoms with Crippen molar-refractivity contribution in [1.29, 1.82) is 0 Å². The van der Waals surface area contributed by atoms with Gasteiger partial charge in [0.05, 0.1) is 11.2 Å². The number of nitrogens with zero attached hydrogens (tertiary/aromatic N) is 3. The molecule has 0 amide bonds. The lowest BCUT2D eigenvalue weighted by Crippen LogP contribution is -2.43. The fourth-order valence-electron chi connectivity index (χ4n) is 3.61. The van der Waals surface area contributed by atoms with Crippen molar-refractivity contribution in [3.8, 4) is 0 Å². The van der Waals surface area contributed by atoms with Gasteiger partial charge < -0.3 is 14.9 Å². The van der Waals surface area contributed by atoms with Gasteiger partial charge in [0.15, 0.2) is 0 Å². The van der Waals surface area contributed by atoms with Crippen molar-refractivity contribution in [2.75, 3.05) is 33.2 Å². The quantitative estimate of drug-likeness (QED) is 0.723. The van der Waals surface area contributed by atoms with E-state index in [1.165, 1.54) is 6.26 Å². The smallest absolute Gasteiger partial charge is 0.278 e. The van der Waals surface area contributed by atoms with Crippen LogP contribution >= 0.6 is 0 Å². The van der Waals surface area contributed by atoms with E-state index in [1.54, 1.807) is 6.07 Å². The van der Waals surface area contributed by atoms with Gasteiger partial charge in [-0.05, 0) is 24.6 Å². The van der Waals surface area contributed by atoms with Gasteiger partial charge in [-0.25, -0.2) is 4.98 Å². The summed E-state index contributed by atoms with van der Waals surface area (Å²) in [5.74, 6) is 0. The van der Waals surface area contributed by atoms with Crippen LogP contribution in [0.1, 0.15) is 5.56 Å². The van der Waals surface area contributed by atoms with Crippen molar-refractivity contribution >= 4 is 27.4 Å². The maximum absolute atomic E-state index is 12.7. The fourth-order valence-corrected chi connectivity index (χ4v) is 3.61. The minimum absolute atomic E-state index is 0.251. The maximum atomic E-state index is 12.7. The van der Waals surface area contributed by atoms with Crippen LogP contribution in [-0.4, -0.2) is 53.1 Å². The predicted octanol–water partition coefficient (Wildman–Crippen LogP) is 2.85. The first-order valence-electron chi connectivity index (χ1n) is 8.79. The molecule has 1 saturated heterocycles. The number of aliphatic hydroxyl groups excluding tert-OH is 1. The van der Waals surface area contributed by atoms with Crippen LogP contribution in [0.2, 0.25) is 0 Å². The Kier molecular flexibility index (Phi) is 4.31. The SMILES string of the molecule is CN1CCN(C(=CO)c2c3ccccc3nc(=O)c3ccccc23)CC1. The number of rotatable bonds is 2. The third kappa shape index (κ3) is 2.80. The van der Waals surface area contributed by atoms with E-state index in [-0.39, 0.29) is 5.56 Å². The van der Waals surface area contributed by atoms with Crippen LogP contribution in [0.5, 0.6) is 0 Å². The number of hydrogen-bond donors (Lipinski definition) is 1. The molecule has 132 valence electrons. The number of para-hydroxylation sites is 1. The van der Waals surface area contributed by atoms with Crippen molar-refractivity contribution in [3.63, 3.8) is 0 Å². The van der Waals surface area contributed by atoms with Crippen LogP contribution in [0.25, 0.3) is 27.4 Å². The summed E-state index contributed by atoms with van der Waals surface area (Å²) < 4.78 is 0. The highest BCUT2D eigenvalue weighted by Gasteiger charge is 2.21. The van der Waals surface area contributed by atoms with Gasteiger partial charge in [0.1, 0.15) is 6.26 Å². The van der Waals surface area contributed by atoms with Gasteiger partial charge in [0.2, 0.25) is 0 Å². The Balaban J connectivity index is 2.06. The van der Waals surface area contributed by atoms with E-state index >= 15 is 0 Å². The Morgan fingerprint density at radius 3 is 2.27 bits per heavy atom. The topological polar surface area (TPSA) is 56.7 Å². The molecule has 2 aromatic carbocycles. The lowest BCUT2D eigenvalue weighted by Gasteiger charge is -2.35. The van der Waals surface area contributed by atoms with Gasteiger partial charge in [-0.3, -0.25) is 4.79 Å². The summed E-state index contributed by atoms with van der Waals surface area (Å²) in [7, 11) is 2.10. The van der Waals surface area contributed by atoms with Gasteiger partial charge >= 0.3 is 0 Å². The van der Waals surface area contributed by atoms with E-state index < -0.39 is 0 Å². The van der Waals surface area contributed by atoms with Gasteiger partial charge in [0, 0.05) is 42.5 Å². The molecule has 2 heterocycles. The van der Waals surface area contributed by atoms with E-state index in [0.29, 0.717) is 10.9 Å². The summed E-state index contributed by atoms with van der Waals surface area (Å²) in [4.78, 5) is 21.4. The summed E-state index contributed by atoms with van der Waals surface area (Å²) >= 11 is 0. The fraction of sp³-hybridized carbons (Fsp3) is 0.238. The molecule has 1 fully saturated rings. The second-order valence-electron chi connectivity index (χ2n) is 6.66. The van der Waals surface area contributed by atoms with E-state index in [2.05, 4.69) is 21.8 Å². The molecule has 4 rings (SSSR count). The first kappa shape index (κ1) is 16.5. The lowest BCUT2D eigenvalue weighted by molar-refractivity contribution is 0.205. The Morgan fingerprint density at radius 1 is 0.962 bits per heavy atom. The van der Waals surface area contributed by atoms with Crippen molar-refractivity contribution in [2.45, 2.75) is 0 Å². The molecule has 3 aromatic rings. The molecule has 1 N–H and O–H groups in total. The van der Waals surface area contributed by atoms with Gasteiger partial charge in [0.25, 0.3) is 5.56 Å². The Labute approximate surface area is 151 Å². The molecule has 0 atom stereocenters. The van der Waals surface area contributed by atoms with Crippen molar-refractivity contribution < 1.29 is 5.11 Å². The molecule has 5 nitrogen and oxygen atoms in total. The van der Waals surface area contributed by atoms with Crippen LogP contribution in [0.4, 0.5) is 0 Å². The van der Waals surface area contributed by atoms with Gasteiger partial charge in [-0.15, -0.1) is 0 Å². The number of fused-ring (bicyclic) bond motifs is 2. The Hall–Kier alpha value is -2.92. The molecular formula is C21H21N3O2. The Morgan fingerprint density at radius 2 is 1.58 bits per heavy atom. The molecule has 0 radical (unpaired) electrons. The molecule has 0 bridgehead atoms. The molecule has 1 aliphatic heterocycles. The first-order valence-corrected chi connectivity index (χ1v) is 8.79. The van der Waals surface area contributed by atoms with Crippen molar-refractivity contribution in [2.24, 2.45) is 0 Å².